The molecule has 0 aliphatic heterocycles. The predicted octanol–water partition coefficient (Wildman–Crippen LogP) is 1.27. The molecule has 2 N–H and O–H groups in total. The van der Waals surface area contributed by atoms with Crippen LogP contribution in [0.5, 0.6) is 0 Å². The molecule has 0 amide bonds. The van der Waals surface area contributed by atoms with Crippen LogP contribution in [0.15, 0.2) is 18.7 Å². The van der Waals surface area contributed by atoms with Crippen molar-refractivity contribution in [2.24, 2.45) is 5.92 Å². The van der Waals surface area contributed by atoms with Crippen LogP contribution in [-0.2, 0) is 6.54 Å². The summed E-state index contributed by atoms with van der Waals surface area (Å²) in [4.78, 5) is 4.00. The van der Waals surface area contributed by atoms with E-state index in [1.54, 1.807) is 6.20 Å². The number of aliphatic hydroxyl groups is 1. The highest BCUT2D eigenvalue weighted by Crippen LogP contribution is 2.05. The zero-order chi connectivity index (χ0) is 11.8. The summed E-state index contributed by atoms with van der Waals surface area (Å²) < 4.78 is 2.08. The van der Waals surface area contributed by atoms with Gasteiger partial charge in [0.15, 0.2) is 0 Å². The highest BCUT2D eigenvalue weighted by atomic mass is 16.3. The molecule has 0 aliphatic rings. The van der Waals surface area contributed by atoms with E-state index in [1.165, 1.54) is 0 Å². The summed E-state index contributed by atoms with van der Waals surface area (Å²) in [7, 11) is 0. The van der Waals surface area contributed by atoms with Crippen LogP contribution in [-0.4, -0.2) is 33.9 Å². The van der Waals surface area contributed by atoms with Crippen LogP contribution in [0.2, 0.25) is 0 Å². The second-order valence-electron chi connectivity index (χ2n) is 4.47. The second kappa shape index (κ2) is 7.41. The number of hydrogen-bond donors (Lipinski definition) is 2. The molecule has 0 saturated heterocycles. The first-order chi connectivity index (χ1) is 7.74. The van der Waals surface area contributed by atoms with Gasteiger partial charge in [-0.2, -0.15) is 0 Å². The van der Waals surface area contributed by atoms with Gasteiger partial charge in [-0.1, -0.05) is 13.8 Å². The summed E-state index contributed by atoms with van der Waals surface area (Å²) >= 11 is 0. The Kier molecular flexibility index (Phi) is 6.11. The molecule has 4 nitrogen and oxygen atoms in total. The molecule has 0 saturated carbocycles. The van der Waals surface area contributed by atoms with Gasteiger partial charge in [-0.15, -0.1) is 0 Å². The number of imidazole rings is 1. The van der Waals surface area contributed by atoms with Gasteiger partial charge in [0.1, 0.15) is 0 Å². The Morgan fingerprint density at radius 1 is 1.44 bits per heavy atom. The lowest BCUT2D eigenvalue weighted by atomic mass is 10.0. The Balaban J connectivity index is 2.13. The van der Waals surface area contributed by atoms with E-state index in [0.717, 1.165) is 25.9 Å². The Morgan fingerprint density at radius 2 is 2.25 bits per heavy atom. The molecule has 1 atom stereocenters. The fraction of sp³-hybridized carbons (Fsp3) is 0.750. The molecule has 0 spiro atoms. The van der Waals surface area contributed by atoms with E-state index in [0.29, 0.717) is 12.0 Å². The Bertz CT molecular complexity index is 259. The molecule has 0 bridgehead atoms. The van der Waals surface area contributed by atoms with Crippen molar-refractivity contribution < 1.29 is 5.11 Å². The molecule has 0 radical (unpaired) electrons. The van der Waals surface area contributed by atoms with Gasteiger partial charge in [-0.05, 0) is 25.3 Å². The first-order valence-electron chi connectivity index (χ1n) is 6.04. The normalized spacial score (nSPS) is 13.2. The van der Waals surface area contributed by atoms with Crippen LogP contribution < -0.4 is 5.32 Å². The van der Waals surface area contributed by atoms with Crippen LogP contribution >= 0.6 is 0 Å². The lowest BCUT2D eigenvalue weighted by Crippen LogP contribution is -2.35. The summed E-state index contributed by atoms with van der Waals surface area (Å²) in [5, 5.41) is 12.4. The molecule has 4 heteroatoms. The van der Waals surface area contributed by atoms with Crippen molar-refractivity contribution in [3.63, 3.8) is 0 Å². The van der Waals surface area contributed by atoms with Gasteiger partial charge in [0.05, 0.1) is 6.33 Å². The van der Waals surface area contributed by atoms with Crippen molar-refractivity contribution in [3.05, 3.63) is 18.7 Å². The lowest BCUT2D eigenvalue weighted by molar-refractivity contribution is 0.244. The molecule has 1 aromatic heterocycles. The van der Waals surface area contributed by atoms with Gasteiger partial charge in [0.2, 0.25) is 0 Å². The SMILES string of the molecule is CC(C)C(CCO)NCCCn1ccnc1. The van der Waals surface area contributed by atoms with E-state index in [2.05, 4.69) is 28.7 Å². The smallest absolute Gasteiger partial charge is 0.0945 e. The first kappa shape index (κ1) is 13.2. The molecule has 1 rings (SSSR count). The quantitative estimate of drug-likeness (QED) is 0.655. The van der Waals surface area contributed by atoms with Crippen LogP contribution in [0.25, 0.3) is 0 Å². The van der Waals surface area contributed by atoms with E-state index in [4.69, 9.17) is 5.11 Å². The topological polar surface area (TPSA) is 50.1 Å². The molecule has 1 heterocycles. The molecule has 92 valence electrons. The Morgan fingerprint density at radius 3 is 2.81 bits per heavy atom. The van der Waals surface area contributed by atoms with Gasteiger partial charge >= 0.3 is 0 Å². The maximum atomic E-state index is 8.94. The Labute approximate surface area is 97.7 Å². The van der Waals surface area contributed by atoms with Gasteiger partial charge in [-0.3, -0.25) is 0 Å². The van der Waals surface area contributed by atoms with Gasteiger partial charge in [0.25, 0.3) is 0 Å². The van der Waals surface area contributed by atoms with Gasteiger partial charge in [0, 0.05) is 31.6 Å². The third-order valence-electron chi connectivity index (χ3n) is 2.80. The predicted molar refractivity (Wildman–Crippen MR) is 65.2 cm³/mol. The summed E-state index contributed by atoms with van der Waals surface area (Å²) in [5.41, 5.74) is 0. The van der Waals surface area contributed by atoms with Crippen LogP contribution in [0, 0.1) is 5.92 Å². The highest BCUT2D eigenvalue weighted by molar-refractivity contribution is 4.74. The van der Waals surface area contributed by atoms with Crippen molar-refractivity contribution in [1.82, 2.24) is 14.9 Å². The minimum Gasteiger partial charge on any atom is -0.396 e. The molecule has 1 aromatic rings. The van der Waals surface area contributed by atoms with Gasteiger partial charge in [-0.25, -0.2) is 4.98 Å². The lowest BCUT2D eigenvalue weighted by Gasteiger charge is -2.21. The van der Waals surface area contributed by atoms with E-state index >= 15 is 0 Å². The largest absolute Gasteiger partial charge is 0.396 e. The van der Waals surface area contributed by atoms with Crippen molar-refractivity contribution in [3.8, 4) is 0 Å². The number of aryl methyl sites for hydroxylation is 1. The summed E-state index contributed by atoms with van der Waals surface area (Å²) in [5.74, 6) is 0.570. The van der Waals surface area contributed by atoms with Crippen molar-refractivity contribution in [1.29, 1.82) is 0 Å². The van der Waals surface area contributed by atoms with Crippen molar-refractivity contribution in [2.75, 3.05) is 13.2 Å². The molecule has 0 aromatic carbocycles. The third kappa shape index (κ3) is 4.77. The molecule has 0 aliphatic carbocycles. The minimum absolute atomic E-state index is 0.261. The number of nitrogens with one attached hydrogen (secondary N) is 1. The maximum absolute atomic E-state index is 8.94. The number of hydrogen-bond acceptors (Lipinski definition) is 3. The number of aliphatic hydroxyl groups excluding tert-OH is 1. The highest BCUT2D eigenvalue weighted by Gasteiger charge is 2.10. The molecular formula is C12H23N3O. The maximum Gasteiger partial charge on any atom is 0.0945 e. The van der Waals surface area contributed by atoms with E-state index in [1.807, 2.05) is 12.5 Å². The average Bonchev–Trinajstić information content (AvgIpc) is 2.75. The van der Waals surface area contributed by atoms with E-state index < -0.39 is 0 Å². The summed E-state index contributed by atoms with van der Waals surface area (Å²) in [6.07, 6.45) is 7.55. The monoisotopic (exact) mass is 225 g/mol. The van der Waals surface area contributed by atoms with Crippen LogP contribution in [0.4, 0.5) is 0 Å². The minimum atomic E-state index is 0.261. The van der Waals surface area contributed by atoms with Gasteiger partial charge < -0.3 is 15.0 Å². The van der Waals surface area contributed by atoms with Crippen molar-refractivity contribution in [2.45, 2.75) is 39.3 Å². The fourth-order valence-corrected chi connectivity index (χ4v) is 1.78. The molecule has 16 heavy (non-hydrogen) atoms. The zero-order valence-electron chi connectivity index (χ0n) is 10.3. The number of rotatable bonds is 8. The second-order valence-corrected chi connectivity index (χ2v) is 4.47. The molecular weight excluding hydrogens is 202 g/mol. The zero-order valence-corrected chi connectivity index (χ0v) is 10.3. The Hall–Kier alpha value is -0.870. The van der Waals surface area contributed by atoms with E-state index in [9.17, 15) is 0 Å². The first-order valence-corrected chi connectivity index (χ1v) is 6.04. The summed E-state index contributed by atoms with van der Waals surface area (Å²) in [6, 6.07) is 0.424. The van der Waals surface area contributed by atoms with Crippen LogP contribution in [0.1, 0.15) is 26.7 Å². The number of aromatic nitrogens is 2. The molecule has 0 fully saturated rings. The summed E-state index contributed by atoms with van der Waals surface area (Å²) in [6.45, 7) is 6.61. The van der Waals surface area contributed by atoms with E-state index in [-0.39, 0.29) is 6.61 Å². The molecule has 1 unspecified atom stereocenters. The third-order valence-corrected chi connectivity index (χ3v) is 2.80. The fourth-order valence-electron chi connectivity index (χ4n) is 1.78. The average molecular weight is 225 g/mol. The van der Waals surface area contributed by atoms with Crippen molar-refractivity contribution >= 4 is 0 Å². The van der Waals surface area contributed by atoms with Crippen LogP contribution in [0.3, 0.4) is 0 Å². The standard InChI is InChI=1S/C12H23N3O/c1-11(2)12(4-9-16)14-5-3-7-15-8-6-13-10-15/h6,8,10-12,14,16H,3-5,7,9H2,1-2H3. The number of nitrogens with zero attached hydrogens (tertiary/aromatic N) is 2.